The molecule has 0 spiro atoms. The van der Waals surface area contributed by atoms with Gasteiger partial charge in [0.2, 0.25) is 0 Å². The average Bonchev–Trinajstić information content (AvgIpc) is 2.84. The van der Waals surface area contributed by atoms with E-state index in [2.05, 4.69) is 17.9 Å². The molecule has 1 saturated carbocycles. The molecule has 0 radical (unpaired) electrons. The minimum Gasteiger partial charge on any atom is -0.398 e. The number of anilines is 2. The number of hydrogen-bond acceptors (Lipinski definition) is 3. The van der Waals surface area contributed by atoms with Crippen LogP contribution in [0.15, 0.2) is 18.2 Å². The van der Waals surface area contributed by atoms with E-state index in [4.69, 9.17) is 11.0 Å². The zero-order chi connectivity index (χ0) is 12.3. The van der Waals surface area contributed by atoms with Gasteiger partial charge in [0.25, 0.3) is 0 Å². The molecule has 1 aromatic rings. The van der Waals surface area contributed by atoms with Crippen LogP contribution in [0.4, 0.5) is 11.4 Å². The zero-order valence-corrected chi connectivity index (χ0v) is 10.3. The van der Waals surface area contributed by atoms with Crippen LogP contribution in [0.2, 0.25) is 0 Å². The molecule has 90 valence electrons. The second-order valence-electron chi connectivity index (χ2n) is 4.61. The largest absolute Gasteiger partial charge is 0.398 e. The Kier molecular flexibility index (Phi) is 3.53. The first-order valence-corrected chi connectivity index (χ1v) is 6.32. The van der Waals surface area contributed by atoms with Crippen molar-refractivity contribution < 1.29 is 0 Å². The summed E-state index contributed by atoms with van der Waals surface area (Å²) in [7, 11) is 0. The highest BCUT2D eigenvalue weighted by Gasteiger charge is 2.21. The molecule has 0 aliphatic heterocycles. The van der Waals surface area contributed by atoms with Crippen molar-refractivity contribution in [3.8, 4) is 6.07 Å². The van der Waals surface area contributed by atoms with Crippen LogP contribution in [0, 0.1) is 11.3 Å². The zero-order valence-electron chi connectivity index (χ0n) is 10.3. The summed E-state index contributed by atoms with van der Waals surface area (Å²) < 4.78 is 0. The van der Waals surface area contributed by atoms with Gasteiger partial charge in [-0.3, -0.25) is 0 Å². The highest BCUT2D eigenvalue weighted by atomic mass is 15.2. The van der Waals surface area contributed by atoms with E-state index in [0.29, 0.717) is 17.3 Å². The van der Waals surface area contributed by atoms with Crippen molar-refractivity contribution in [2.75, 3.05) is 17.2 Å². The van der Waals surface area contributed by atoms with Gasteiger partial charge in [-0.25, -0.2) is 0 Å². The molecule has 0 bridgehead atoms. The fraction of sp³-hybridized carbons (Fsp3) is 0.500. The van der Waals surface area contributed by atoms with E-state index < -0.39 is 0 Å². The van der Waals surface area contributed by atoms with Crippen LogP contribution in [0.5, 0.6) is 0 Å². The minimum absolute atomic E-state index is 0.566. The first-order chi connectivity index (χ1) is 8.26. The van der Waals surface area contributed by atoms with Gasteiger partial charge in [-0.15, -0.1) is 0 Å². The number of nitrogens with zero attached hydrogens (tertiary/aromatic N) is 2. The Labute approximate surface area is 103 Å². The van der Waals surface area contributed by atoms with Crippen molar-refractivity contribution in [1.29, 1.82) is 5.26 Å². The lowest BCUT2D eigenvalue weighted by molar-refractivity contribution is 0.620. The van der Waals surface area contributed by atoms with Crippen molar-refractivity contribution >= 4 is 11.4 Å². The Bertz CT molecular complexity index is 428. The summed E-state index contributed by atoms with van der Waals surface area (Å²) in [6.45, 7) is 3.17. The lowest BCUT2D eigenvalue weighted by Gasteiger charge is -2.30. The first kappa shape index (κ1) is 11.8. The molecule has 1 aliphatic carbocycles. The van der Waals surface area contributed by atoms with Crippen molar-refractivity contribution in [1.82, 2.24) is 0 Å². The number of rotatable bonds is 3. The Morgan fingerprint density at radius 3 is 2.65 bits per heavy atom. The van der Waals surface area contributed by atoms with Gasteiger partial charge < -0.3 is 10.6 Å². The third-order valence-corrected chi connectivity index (χ3v) is 3.59. The number of benzene rings is 1. The number of nitriles is 1. The molecule has 0 atom stereocenters. The number of hydrogen-bond donors (Lipinski definition) is 1. The maximum absolute atomic E-state index is 8.87. The molecule has 2 N–H and O–H groups in total. The van der Waals surface area contributed by atoms with Gasteiger partial charge in [-0.05, 0) is 38.0 Å². The summed E-state index contributed by atoms with van der Waals surface area (Å²) in [6.07, 6.45) is 5.20. The maximum Gasteiger partial charge on any atom is 0.101 e. The highest BCUT2D eigenvalue weighted by molar-refractivity contribution is 5.64. The van der Waals surface area contributed by atoms with Crippen LogP contribution < -0.4 is 10.6 Å². The maximum atomic E-state index is 8.87. The fourth-order valence-corrected chi connectivity index (χ4v) is 2.70. The van der Waals surface area contributed by atoms with Gasteiger partial charge in [0.15, 0.2) is 0 Å². The number of nitrogens with two attached hydrogens (primary N) is 1. The predicted octanol–water partition coefficient (Wildman–Crippen LogP) is 2.91. The lowest BCUT2D eigenvalue weighted by atomic mass is 10.1. The van der Waals surface area contributed by atoms with Crippen molar-refractivity contribution in [3.05, 3.63) is 23.8 Å². The van der Waals surface area contributed by atoms with Crippen LogP contribution >= 0.6 is 0 Å². The van der Waals surface area contributed by atoms with E-state index in [0.717, 1.165) is 12.2 Å². The topological polar surface area (TPSA) is 53.0 Å². The molecular formula is C14H19N3. The molecule has 17 heavy (non-hydrogen) atoms. The van der Waals surface area contributed by atoms with Gasteiger partial charge in [0.1, 0.15) is 6.07 Å². The normalized spacial score (nSPS) is 15.8. The summed E-state index contributed by atoms with van der Waals surface area (Å²) in [5.41, 5.74) is 8.17. The van der Waals surface area contributed by atoms with Gasteiger partial charge in [0, 0.05) is 18.3 Å². The van der Waals surface area contributed by atoms with Crippen LogP contribution in [0.1, 0.15) is 38.2 Å². The van der Waals surface area contributed by atoms with Gasteiger partial charge >= 0.3 is 0 Å². The van der Waals surface area contributed by atoms with E-state index in [1.165, 1.54) is 25.7 Å². The average molecular weight is 229 g/mol. The Morgan fingerprint density at radius 1 is 1.41 bits per heavy atom. The van der Waals surface area contributed by atoms with Crippen LogP contribution in [0.25, 0.3) is 0 Å². The van der Waals surface area contributed by atoms with Gasteiger partial charge in [0.05, 0.1) is 11.3 Å². The third kappa shape index (κ3) is 2.36. The SMILES string of the molecule is CCN(c1ccc(C#N)c(N)c1)C1CCCC1. The predicted molar refractivity (Wildman–Crippen MR) is 70.8 cm³/mol. The van der Waals surface area contributed by atoms with E-state index in [9.17, 15) is 0 Å². The second-order valence-corrected chi connectivity index (χ2v) is 4.61. The summed E-state index contributed by atoms with van der Waals surface area (Å²) in [4.78, 5) is 2.41. The molecular weight excluding hydrogens is 210 g/mol. The smallest absolute Gasteiger partial charge is 0.101 e. The van der Waals surface area contributed by atoms with Crippen LogP contribution in [0.3, 0.4) is 0 Å². The quantitative estimate of drug-likeness (QED) is 0.811. The molecule has 3 nitrogen and oxygen atoms in total. The highest BCUT2D eigenvalue weighted by Crippen LogP contribution is 2.29. The molecule has 0 aromatic heterocycles. The molecule has 1 aliphatic rings. The fourth-order valence-electron chi connectivity index (χ4n) is 2.70. The number of nitrogen functional groups attached to an aromatic ring is 1. The Hall–Kier alpha value is -1.69. The van der Waals surface area contributed by atoms with E-state index >= 15 is 0 Å². The van der Waals surface area contributed by atoms with Gasteiger partial charge in [-0.1, -0.05) is 12.8 Å². The summed E-state index contributed by atoms with van der Waals surface area (Å²) in [5.74, 6) is 0. The van der Waals surface area contributed by atoms with E-state index in [1.807, 2.05) is 18.2 Å². The molecule has 3 heteroatoms. The summed E-state index contributed by atoms with van der Waals surface area (Å²) >= 11 is 0. The molecule has 0 amide bonds. The first-order valence-electron chi connectivity index (χ1n) is 6.32. The molecule has 0 saturated heterocycles. The van der Waals surface area contributed by atoms with Crippen molar-refractivity contribution in [3.63, 3.8) is 0 Å². The van der Waals surface area contributed by atoms with Crippen molar-refractivity contribution in [2.45, 2.75) is 38.6 Å². The summed E-state index contributed by atoms with van der Waals surface area (Å²) in [5, 5.41) is 8.87. The standard InChI is InChI=1S/C14H19N3/c1-2-17(12-5-3-4-6-12)13-8-7-11(10-15)14(16)9-13/h7-9,12H,2-6,16H2,1H3. The summed E-state index contributed by atoms with van der Waals surface area (Å²) in [6, 6.07) is 8.51. The van der Waals surface area contributed by atoms with Crippen LogP contribution in [-0.2, 0) is 0 Å². The minimum atomic E-state index is 0.566. The molecule has 2 rings (SSSR count). The van der Waals surface area contributed by atoms with Crippen molar-refractivity contribution in [2.24, 2.45) is 0 Å². The molecule has 1 fully saturated rings. The van der Waals surface area contributed by atoms with E-state index in [1.54, 1.807) is 0 Å². The molecule has 0 heterocycles. The van der Waals surface area contributed by atoms with Crippen LogP contribution in [-0.4, -0.2) is 12.6 Å². The monoisotopic (exact) mass is 229 g/mol. The third-order valence-electron chi connectivity index (χ3n) is 3.59. The second kappa shape index (κ2) is 5.09. The molecule has 1 aromatic carbocycles. The Balaban J connectivity index is 2.25. The van der Waals surface area contributed by atoms with E-state index in [-0.39, 0.29) is 0 Å². The molecule has 0 unspecified atom stereocenters. The Morgan fingerprint density at radius 2 is 2.12 bits per heavy atom. The lowest BCUT2D eigenvalue weighted by Crippen LogP contribution is -2.32. The van der Waals surface area contributed by atoms with Gasteiger partial charge in [-0.2, -0.15) is 5.26 Å².